The van der Waals surface area contributed by atoms with Gasteiger partial charge in [0.25, 0.3) is 0 Å². The summed E-state index contributed by atoms with van der Waals surface area (Å²) in [6, 6.07) is 15.4. The van der Waals surface area contributed by atoms with Gasteiger partial charge in [0, 0.05) is 57.2 Å². The molecule has 7 heteroatoms. The average molecular weight is 411 g/mol. The lowest BCUT2D eigenvalue weighted by atomic mass is 10.2. The average Bonchev–Trinajstić information content (AvgIpc) is 2.77. The number of hydrogen-bond donors (Lipinski definition) is 2. The fourth-order valence-electron chi connectivity index (χ4n) is 3.94. The SMILES string of the molecule is O=C(CN1CCN(c2ccc(O)cc2)CC1)Nc1ccc(CN2CCOCC2)cc1. The summed E-state index contributed by atoms with van der Waals surface area (Å²) in [6.07, 6.45) is 0. The summed E-state index contributed by atoms with van der Waals surface area (Å²) in [5, 5.41) is 12.4. The molecular formula is C23H30N4O3. The number of morpholine rings is 1. The van der Waals surface area contributed by atoms with Crippen molar-refractivity contribution in [3.8, 4) is 5.75 Å². The molecule has 0 atom stereocenters. The van der Waals surface area contributed by atoms with Crippen LogP contribution in [0.1, 0.15) is 5.56 Å². The summed E-state index contributed by atoms with van der Waals surface area (Å²) in [4.78, 5) is 19.3. The van der Waals surface area contributed by atoms with Crippen molar-refractivity contribution in [2.24, 2.45) is 0 Å². The monoisotopic (exact) mass is 410 g/mol. The number of ether oxygens (including phenoxy) is 1. The molecule has 4 rings (SSSR count). The van der Waals surface area contributed by atoms with E-state index >= 15 is 0 Å². The predicted octanol–water partition coefficient (Wildman–Crippen LogP) is 1.99. The number of rotatable bonds is 6. The zero-order valence-corrected chi connectivity index (χ0v) is 17.3. The van der Waals surface area contributed by atoms with E-state index in [1.54, 1.807) is 12.1 Å². The molecule has 2 N–H and O–H groups in total. The molecule has 30 heavy (non-hydrogen) atoms. The van der Waals surface area contributed by atoms with Crippen LogP contribution in [0.2, 0.25) is 0 Å². The van der Waals surface area contributed by atoms with Crippen molar-refractivity contribution in [3.63, 3.8) is 0 Å². The molecule has 160 valence electrons. The van der Waals surface area contributed by atoms with Gasteiger partial charge in [-0.05, 0) is 42.0 Å². The van der Waals surface area contributed by atoms with Crippen LogP contribution in [0.5, 0.6) is 5.75 Å². The number of piperazine rings is 1. The van der Waals surface area contributed by atoms with Crippen LogP contribution >= 0.6 is 0 Å². The fourth-order valence-corrected chi connectivity index (χ4v) is 3.94. The first kappa shape index (κ1) is 20.7. The van der Waals surface area contributed by atoms with Crippen LogP contribution in [-0.4, -0.2) is 79.8 Å². The topological polar surface area (TPSA) is 68.3 Å². The number of hydrogen-bond acceptors (Lipinski definition) is 6. The Labute approximate surface area is 177 Å². The van der Waals surface area contributed by atoms with Crippen LogP contribution in [0.25, 0.3) is 0 Å². The molecule has 0 aliphatic carbocycles. The van der Waals surface area contributed by atoms with E-state index < -0.39 is 0 Å². The Hall–Kier alpha value is -2.61. The minimum absolute atomic E-state index is 0.0222. The molecule has 0 saturated carbocycles. The number of nitrogens with zero attached hydrogens (tertiary/aromatic N) is 3. The van der Waals surface area contributed by atoms with Crippen LogP contribution < -0.4 is 10.2 Å². The van der Waals surface area contributed by atoms with Crippen molar-refractivity contribution < 1.29 is 14.6 Å². The van der Waals surface area contributed by atoms with Gasteiger partial charge in [0.05, 0.1) is 19.8 Å². The normalized spacial score (nSPS) is 18.3. The molecule has 1 amide bonds. The van der Waals surface area contributed by atoms with Crippen molar-refractivity contribution in [2.45, 2.75) is 6.54 Å². The fraction of sp³-hybridized carbons (Fsp3) is 0.435. The highest BCUT2D eigenvalue weighted by molar-refractivity contribution is 5.92. The molecular weight excluding hydrogens is 380 g/mol. The maximum atomic E-state index is 12.5. The molecule has 2 aromatic rings. The molecule has 0 radical (unpaired) electrons. The number of phenolic OH excluding ortho intramolecular Hbond substituents is 1. The minimum atomic E-state index is 0.0222. The highest BCUT2D eigenvalue weighted by Gasteiger charge is 2.19. The quantitative estimate of drug-likeness (QED) is 0.759. The summed E-state index contributed by atoms with van der Waals surface area (Å²) in [6.45, 7) is 8.29. The molecule has 2 saturated heterocycles. The third-order valence-electron chi connectivity index (χ3n) is 5.70. The second kappa shape index (κ2) is 9.93. The van der Waals surface area contributed by atoms with Gasteiger partial charge in [0.2, 0.25) is 5.91 Å². The van der Waals surface area contributed by atoms with Crippen molar-refractivity contribution in [1.82, 2.24) is 9.80 Å². The van der Waals surface area contributed by atoms with Gasteiger partial charge < -0.3 is 20.1 Å². The van der Waals surface area contributed by atoms with Gasteiger partial charge in [-0.25, -0.2) is 0 Å². The van der Waals surface area contributed by atoms with E-state index in [2.05, 4.69) is 32.1 Å². The van der Waals surface area contributed by atoms with Crippen LogP contribution in [0.4, 0.5) is 11.4 Å². The largest absolute Gasteiger partial charge is 0.508 e. The lowest BCUT2D eigenvalue weighted by Gasteiger charge is -2.35. The molecule has 0 bridgehead atoms. The first-order valence-electron chi connectivity index (χ1n) is 10.6. The zero-order chi connectivity index (χ0) is 20.8. The van der Waals surface area contributed by atoms with Gasteiger partial charge in [-0.3, -0.25) is 14.6 Å². The number of carbonyl (C=O) groups is 1. The Kier molecular flexibility index (Phi) is 6.84. The maximum absolute atomic E-state index is 12.5. The van der Waals surface area contributed by atoms with Crippen LogP contribution in [0, 0.1) is 0 Å². The third kappa shape index (κ3) is 5.72. The van der Waals surface area contributed by atoms with Gasteiger partial charge in [-0.15, -0.1) is 0 Å². The highest BCUT2D eigenvalue weighted by atomic mass is 16.5. The Morgan fingerprint density at radius 1 is 0.867 bits per heavy atom. The van der Waals surface area contributed by atoms with Crippen molar-refractivity contribution in [1.29, 1.82) is 0 Å². The number of amides is 1. The maximum Gasteiger partial charge on any atom is 0.238 e. The van der Waals surface area contributed by atoms with E-state index in [4.69, 9.17) is 4.74 Å². The summed E-state index contributed by atoms with van der Waals surface area (Å²) < 4.78 is 5.39. The van der Waals surface area contributed by atoms with Crippen molar-refractivity contribution in [2.75, 3.05) is 69.2 Å². The van der Waals surface area contributed by atoms with E-state index in [1.165, 1.54) is 5.56 Å². The first-order valence-corrected chi connectivity index (χ1v) is 10.6. The molecule has 0 aromatic heterocycles. The molecule has 2 heterocycles. The summed E-state index contributed by atoms with van der Waals surface area (Å²) in [7, 11) is 0. The Balaban J connectivity index is 1.20. The summed E-state index contributed by atoms with van der Waals surface area (Å²) >= 11 is 0. The number of anilines is 2. The molecule has 0 unspecified atom stereocenters. The van der Waals surface area contributed by atoms with Crippen molar-refractivity contribution in [3.05, 3.63) is 54.1 Å². The van der Waals surface area contributed by atoms with Gasteiger partial charge >= 0.3 is 0 Å². The van der Waals surface area contributed by atoms with E-state index in [1.807, 2.05) is 24.3 Å². The molecule has 2 aliphatic heterocycles. The Morgan fingerprint density at radius 2 is 1.53 bits per heavy atom. The van der Waals surface area contributed by atoms with Gasteiger partial charge in [0.1, 0.15) is 5.75 Å². The van der Waals surface area contributed by atoms with Crippen LogP contribution in [-0.2, 0) is 16.1 Å². The molecule has 7 nitrogen and oxygen atoms in total. The standard InChI is InChI=1S/C23H30N4O3/c28-22-7-5-21(6-8-22)27-11-9-25(10-12-27)18-23(29)24-20-3-1-19(2-4-20)17-26-13-15-30-16-14-26/h1-8,28H,9-18H2,(H,24,29). The molecule has 2 fully saturated rings. The van der Waals surface area contributed by atoms with E-state index in [0.29, 0.717) is 6.54 Å². The second-order valence-electron chi connectivity index (χ2n) is 7.91. The molecule has 2 aromatic carbocycles. The summed E-state index contributed by atoms with van der Waals surface area (Å²) in [5.41, 5.74) is 3.20. The number of benzene rings is 2. The van der Waals surface area contributed by atoms with Crippen molar-refractivity contribution >= 4 is 17.3 Å². The highest BCUT2D eigenvalue weighted by Crippen LogP contribution is 2.20. The predicted molar refractivity (Wildman–Crippen MR) is 118 cm³/mol. The van der Waals surface area contributed by atoms with Crippen LogP contribution in [0.15, 0.2) is 48.5 Å². The number of aromatic hydroxyl groups is 1. The van der Waals surface area contributed by atoms with E-state index in [9.17, 15) is 9.90 Å². The smallest absolute Gasteiger partial charge is 0.238 e. The minimum Gasteiger partial charge on any atom is -0.508 e. The molecule has 0 spiro atoms. The Bertz CT molecular complexity index is 811. The van der Waals surface area contributed by atoms with Gasteiger partial charge in [-0.1, -0.05) is 12.1 Å². The van der Waals surface area contributed by atoms with E-state index in [0.717, 1.165) is 70.4 Å². The van der Waals surface area contributed by atoms with Gasteiger partial charge in [0.15, 0.2) is 0 Å². The summed E-state index contributed by atoms with van der Waals surface area (Å²) in [5.74, 6) is 0.303. The van der Waals surface area contributed by atoms with Gasteiger partial charge in [-0.2, -0.15) is 0 Å². The van der Waals surface area contributed by atoms with Crippen LogP contribution in [0.3, 0.4) is 0 Å². The number of nitrogens with one attached hydrogen (secondary N) is 1. The lowest BCUT2D eigenvalue weighted by Crippen LogP contribution is -2.48. The lowest BCUT2D eigenvalue weighted by molar-refractivity contribution is -0.117. The third-order valence-corrected chi connectivity index (χ3v) is 5.70. The second-order valence-corrected chi connectivity index (χ2v) is 7.91. The Morgan fingerprint density at radius 3 is 2.20 bits per heavy atom. The number of phenols is 1. The zero-order valence-electron chi connectivity index (χ0n) is 17.3. The first-order chi connectivity index (χ1) is 14.7. The molecule has 2 aliphatic rings. The van der Waals surface area contributed by atoms with E-state index in [-0.39, 0.29) is 11.7 Å². The number of carbonyl (C=O) groups excluding carboxylic acids is 1.